The first-order valence-corrected chi connectivity index (χ1v) is 23.8. The minimum Gasteiger partial charge on any atom is -0.399 e. The Hall–Kier alpha value is -3.44. The number of hydrogen-bond donors (Lipinski definition) is 0. The fourth-order valence-corrected chi connectivity index (χ4v) is 10.2. The minimum absolute atomic E-state index is 0.0362. The van der Waals surface area contributed by atoms with Crippen LogP contribution in [0.1, 0.15) is 183 Å². The van der Waals surface area contributed by atoms with Gasteiger partial charge in [-0.3, -0.25) is 0 Å². The molecule has 8 rings (SSSR count). The van der Waals surface area contributed by atoms with Gasteiger partial charge in [0.05, 0.1) is 11.2 Å². The van der Waals surface area contributed by atoms with E-state index < -0.39 is 0 Å². The Morgan fingerprint density at radius 2 is 0.823 bits per heavy atom. The molecule has 3 aliphatic rings. The zero-order chi connectivity index (χ0) is 46.1. The lowest BCUT2D eigenvalue weighted by molar-refractivity contribution is 0.00578. The largest absolute Gasteiger partial charge is 0.494 e. The number of halogens is 1. The summed E-state index contributed by atoms with van der Waals surface area (Å²) in [7, 11) is -0.378. The summed E-state index contributed by atoms with van der Waals surface area (Å²) in [6, 6.07) is 32.6. The van der Waals surface area contributed by atoms with Gasteiger partial charge >= 0.3 is 7.12 Å². The van der Waals surface area contributed by atoms with Crippen molar-refractivity contribution >= 4 is 28.5 Å². The summed E-state index contributed by atoms with van der Waals surface area (Å²) >= 11 is 3.87. The zero-order valence-corrected chi connectivity index (χ0v) is 43.4. The van der Waals surface area contributed by atoms with Crippen molar-refractivity contribution in [1.82, 2.24) is 0 Å². The van der Waals surface area contributed by atoms with Gasteiger partial charge in [-0.2, -0.15) is 0 Å². The van der Waals surface area contributed by atoms with Crippen molar-refractivity contribution in [2.24, 2.45) is 0 Å². The van der Waals surface area contributed by atoms with E-state index in [2.05, 4.69) is 239 Å². The van der Waals surface area contributed by atoms with Crippen molar-refractivity contribution in [3.63, 3.8) is 0 Å². The van der Waals surface area contributed by atoms with Crippen LogP contribution in [0.4, 0.5) is 0 Å². The third kappa shape index (κ3) is 8.02. The maximum Gasteiger partial charge on any atom is 0.494 e. The fourth-order valence-electron chi connectivity index (χ4n) is 9.51. The van der Waals surface area contributed by atoms with Gasteiger partial charge in [-0.25, -0.2) is 0 Å². The summed E-state index contributed by atoms with van der Waals surface area (Å²) in [6.07, 6.45) is 0. The predicted molar refractivity (Wildman–Crippen MR) is 272 cm³/mol. The van der Waals surface area contributed by atoms with Crippen LogP contribution < -0.4 is 5.46 Å². The van der Waals surface area contributed by atoms with Gasteiger partial charge in [-0.05, 0) is 139 Å². The first-order chi connectivity index (χ1) is 28.2. The van der Waals surface area contributed by atoms with Crippen LogP contribution in [0.25, 0.3) is 33.4 Å². The number of hydrogen-bond acceptors (Lipinski definition) is 2. The smallest absolute Gasteiger partial charge is 0.399 e. The molecule has 0 radical (unpaired) electrons. The molecule has 0 unspecified atom stereocenters. The Labute approximate surface area is 385 Å². The molecular weight excluding hydrogens is 819 g/mol. The van der Waals surface area contributed by atoms with E-state index in [-0.39, 0.29) is 50.8 Å². The fraction of sp³-hybridized carbons (Fsp3) is 0.483. The number of fused-ring (bicyclic) bond motifs is 6. The molecule has 1 heterocycles. The van der Waals surface area contributed by atoms with Crippen molar-refractivity contribution in [2.75, 3.05) is 0 Å². The maximum atomic E-state index is 6.42. The molecule has 62 heavy (non-hydrogen) atoms. The van der Waals surface area contributed by atoms with Crippen molar-refractivity contribution in [1.29, 1.82) is 0 Å². The van der Waals surface area contributed by atoms with Gasteiger partial charge in [0.15, 0.2) is 0 Å². The Morgan fingerprint density at radius 1 is 0.419 bits per heavy atom. The van der Waals surface area contributed by atoms with E-state index in [1.165, 1.54) is 82.4 Å². The summed E-state index contributed by atoms with van der Waals surface area (Å²) in [5.41, 5.74) is 20.1. The predicted octanol–water partition coefficient (Wildman–Crippen LogP) is 15.9. The van der Waals surface area contributed by atoms with Crippen molar-refractivity contribution in [3.05, 3.63) is 134 Å². The van der Waals surface area contributed by atoms with E-state index >= 15 is 0 Å². The molecule has 0 aromatic heterocycles. The second-order valence-corrected chi connectivity index (χ2v) is 25.7. The van der Waals surface area contributed by atoms with Crippen LogP contribution in [-0.4, -0.2) is 18.3 Å². The van der Waals surface area contributed by atoms with Crippen molar-refractivity contribution < 1.29 is 9.31 Å². The number of benzene rings is 5. The molecule has 0 bridgehead atoms. The van der Waals surface area contributed by atoms with E-state index in [4.69, 9.17) is 9.31 Å². The lowest BCUT2D eigenvalue weighted by Gasteiger charge is -2.32. The molecule has 5 aromatic rings. The average molecular weight is 894 g/mol. The monoisotopic (exact) mass is 892 g/mol. The molecule has 1 aliphatic heterocycles. The van der Waals surface area contributed by atoms with Gasteiger partial charge in [-0.15, -0.1) is 0 Å². The molecule has 2 nitrogen and oxygen atoms in total. The summed E-state index contributed by atoms with van der Waals surface area (Å²) in [5.74, 6) is 0. The Kier molecular flexibility index (Phi) is 11.1. The third-order valence-corrected chi connectivity index (χ3v) is 15.3. The van der Waals surface area contributed by atoms with E-state index in [0.29, 0.717) is 0 Å². The Bertz CT molecular complexity index is 2560. The highest BCUT2D eigenvalue weighted by Gasteiger charge is 2.52. The Morgan fingerprint density at radius 3 is 1.27 bits per heavy atom. The van der Waals surface area contributed by atoms with Crippen LogP contribution in [0.3, 0.4) is 0 Å². The molecular formula is C58H74BBrO2. The highest BCUT2D eigenvalue weighted by Crippen LogP contribution is 2.55. The van der Waals surface area contributed by atoms with E-state index in [1.807, 2.05) is 0 Å². The third-order valence-electron chi connectivity index (χ3n) is 14.7. The van der Waals surface area contributed by atoms with E-state index in [0.717, 1.165) is 5.46 Å². The van der Waals surface area contributed by atoms with Gasteiger partial charge in [0.25, 0.3) is 0 Å². The average Bonchev–Trinajstić information content (AvgIpc) is 3.62. The SMILES string of the molecule is CC(C)(C)c1ccc2c(c1)C(C)(C)c1cc(C(C)(C)C)cc(-c3cccc(B4OC(C)(C)C(C)(C)O4)c3)c1-2.CC(C)(C)c1ccc2c(c1)C(C)(C)c1cc(C(C)(C)C)cc(Br)c1-2. The van der Waals surface area contributed by atoms with Gasteiger partial charge < -0.3 is 9.31 Å². The number of rotatable bonds is 2. The highest BCUT2D eigenvalue weighted by atomic mass is 79.9. The molecule has 1 saturated heterocycles. The van der Waals surface area contributed by atoms with E-state index in [9.17, 15) is 0 Å². The minimum atomic E-state index is -0.378. The normalized spacial score (nSPS) is 18.1. The standard InChI is InChI=1S/C35H45BO2.C23H29Br/c1-31(2,3)23-16-17-26-28(20-23)33(7,8)29-21-24(32(4,5)6)19-27(30(26)29)22-14-13-15-25(18-22)36-37-34(9,10)35(11,12)38-36;1-21(2,3)14-9-10-16-17(11-14)23(7,8)18-12-15(22(4,5)6)13-19(24)20(16)18/h13-21H,1-12H3;9-13H,1-8H3. The van der Waals surface area contributed by atoms with Crippen LogP contribution >= 0.6 is 15.9 Å². The maximum absolute atomic E-state index is 6.42. The highest BCUT2D eigenvalue weighted by molar-refractivity contribution is 9.10. The summed E-state index contributed by atoms with van der Waals surface area (Å²) in [4.78, 5) is 0. The molecule has 0 atom stereocenters. The lowest BCUT2D eigenvalue weighted by Crippen LogP contribution is -2.41. The molecule has 0 amide bonds. The molecule has 4 heteroatoms. The van der Waals surface area contributed by atoms with Gasteiger partial charge in [-0.1, -0.05) is 200 Å². The zero-order valence-electron chi connectivity index (χ0n) is 41.9. The van der Waals surface area contributed by atoms with Crippen LogP contribution in [-0.2, 0) is 41.8 Å². The molecule has 2 aliphatic carbocycles. The first kappa shape index (κ1) is 46.6. The van der Waals surface area contributed by atoms with Crippen LogP contribution in [0.15, 0.2) is 89.4 Å². The molecule has 0 spiro atoms. The molecule has 5 aromatic carbocycles. The molecule has 0 N–H and O–H groups in total. The van der Waals surface area contributed by atoms with Crippen molar-refractivity contribution in [2.45, 2.75) is 182 Å². The second kappa shape index (κ2) is 14.8. The van der Waals surface area contributed by atoms with Crippen LogP contribution in [0.5, 0.6) is 0 Å². The Balaban J connectivity index is 0.000000207. The molecule has 328 valence electrons. The van der Waals surface area contributed by atoms with Crippen LogP contribution in [0, 0.1) is 0 Å². The topological polar surface area (TPSA) is 18.5 Å². The summed E-state index contributed by atoms with van der Waals surface area (Å²) < 4.78 is 14.1. The van der Waals surface area contributed by atoms with Gasteiger partial charge in [0.1, 0.15) is 0 Å². The summed E-state index contributed by atoms with van der Waals surface area (Å²) in [5, 5.41) is 0. The first-order valence-electron chi connectivity index (χ1n) is 23.0. The van der Waals surface area contributed by atoms with Gasteiger partial charge in [0.2, 0.25) is 0 Å². The summed E-state index contributed by atoms with van der Waals surface area (Å²) in [6.45, 7) is 45.5. The molecule has 0 saturated carbocycles. The van der Waals surface area contributed by atoms with Crippen LogP contribution in [0.2, 0.25) is 0 Å². The molecule has 1 fully saturated rings. The lowest BCUT2D eigenvalue weighted by atomic mass is 9.75. The second-order valence-electron chi connectivity index (χ2n) is 24.8. The quantitative estimate of drug-likeness (QED) is 0.164. The van der Waals surface area contributed by atoms with Gasteiger partial charge in [0, 0.05) is 20.9 Å². The van der Waals surface area contributed by atoms with Crippen molar-refractivity contribution in [3.8, 4) is 33.4 Å². The van der Waals surface area contributed by atoms with E-state index in [1.54, 1.807) is 0 Å².